The van der Waals surface area contributed by atoms with E-state index in [1.807, 2.05) is 4.90 Å². The van der Waals surface area contributed by atoms with Gasteiger partial charge in [-0.1, -0.05) is 6.92 Å². The maximum atomic E-state index is 11.0. The van der Waals surface area contributed by atoms with Crippen molar-refractivity contribution in [3.8, 4) is 0 Å². The molecule has 0 amide bonds. The van der Waals surface area contributed by atoms with Gasteiger partial charge in [0.05, 0.1) is 11.5 Å². The maximum Gasteiger partial charge on any atom is 0.428 e. The van der Waals surface area contributed by atoms with E-state index in [2.05, 4.69) is 11.9 Å². The van der Waals surface area contributed by atoms with Crippen LogP contribution in [-0.4, -0.2) is 53.0 Å². The Labute approximate surface area is 121 Å². The van der Waals surface area contributed by atoms with Crippen molar-refractivity contribution in [1.82, 2.24) is 4.90 Å². The van der Waals surface area contributed by atoms with Gasteiger partial charge in [-0.2, -0.15) is 0 Å². The van der Waals surface area contributed by atoms with E-state index in [0.717, 1.165) is 13.0 Å². The predicted octanol–water partition coefficient (Wildman–Crippen LogP) is 1.78. The van der Waals surface area contributed by atoms with Gasteiger partial charge in [-0.25, -0.2) is 0 Å². The molecule has 1 saturated heterocycles. The molecule has 2 unspecified atom stereocenters. The van der Waals surface area contributed by atoms with Crippen molar-refractivity contribution in [1.29, 1.82) is 0 Å². The number of aliphatic imine (C=N–C) groups is 1. The van der Waals surface area contributed by atoms with Crippen molar-refractivity contribution >= 4 is 29.0 Å². The normalized spacial score (nSPS) is 28.4. The quantitative estimate of drug-likeness (QED) is 0.343. The minimum Gasteiger partial charge on any atom is -0.381 e. The molecule has 0 bridgehead atoms. The maximum absolute atomic E-state index is 11.0. The van der Waals surface area contributed by atoms with Crippen LogP contribution in [0.1, 0.15) is 13.3 Å². The number of nitro groups is 1. The number of halogens is 2. The Balaban J connectivity index is 2.12. The van der Waals surface area contributed by atoms with Crippen molar-refractivity contribution in [3.63, 3.8) is 0 Å². The van der Waals surface area contributed by atoms with E-state index >= 15 is 0 Å². The van der Waals surface area contributed by atoms with E-state index in [9.17, 15) is 10.1 Å². The van der Waals surface area contributed by atoms with Gasteiger partial charge in [0.2, 0.25) is 5.84 Å². The van der Waals surface area contributed by atoms with Crippen LogP contribution < -0.4 is 0 Å². The van der Waals surface area contributed by atoms with Crippen LogP contribution in [-0.2, 0) is 4.74 Å². The zero-order valence-corrected chi connectivity index (χ0v) is 12.2. The zero-order chi connectivity index (χ0) is 14.0. The summed E-state index contributed by atoms with van der Waals surface area (Å²) in [7, 11) is 0. The highest BCUT2D eigenvalue weighted by Gasteiger charge is 2.48. The minimum absolute atomic E-state index is 0.159. The second-order valence-electron chi connectivity index (χ2n) is 5.08. The lowest BCUT2D eigenvalue weighted by molar-refractivity contribution is -0.497. The molecule has 0 radical (unpaired) electrons. The Hall–Kier alpha value is -0.590. The summed E-state index contributed by atoms with van der Waals surface area (Å²) in [5.41, 5.74) is 0. The van der Waals surface area contributed by atoms with Crippen LogP contribution in [0.2, 0.25) is 0 Å². The summed E-state index contributed by atoms with van der Waals surface area (Å²) < 4.78 is 3.25. The predicted molar refractivity (Wildman–Crippen MR) is 73.4 cm³/mol. The van der Waals surface area contributed by atoms with E-state index < -0.39 is 9.38 Å². The Kier molecular flexibility index (Phi) is 4.53. The molecule has 2 rings (SSSR count). The fourth-order valence-corrected chi connectivity index (χ4v) is 2.78. The number of amidine groups is 1. The molecule has 0 aliphatic carbocycles. The molecule has 0 aromatic carbocycles. The van der Waals surface area contributed by atoms with E-state index in [0.29, 0.717) is 38.1 Å². The molecule has 8 heteroatoms. The third kappa shape index (κ3) is 3.12. The first-order valence-electron chi connectivity index (χ1n) is 6.33. The van der Waals surface area contributed by atoms with Gasteiger partial charge in [-0.15, -0.1) is 0 Å². The molecule has 2 aliphatic rings. The van der Waals surface area contributed by atoms with Crippen molar-refractivity contribution in [2.75, 3.05) is 32.8 Å². The van der Waals surface area contributed by atoms with E-state index in [1.54, 1.807) is 0 Å². The Morgan fingerprint density at radius 2 is 2.32 bits per heavy atom. The van der Waals surface area contributed by atoms with Crippen LogP contribution >= 0.6 is 23.2 Å². The summed E-state index contributed by atoms with van der Waals surface area (Å²) in [6.45, 7) is 5.37. The second kappa shape index (κ2) is 5.81. The molecule has 6 nitrogen and oxygen atoms in total. The Morgan fingerprint density at radius 1 is 1.58 bits per heavy atom. The Morgan fingerprint density at radius 3 is 2.89 bits per heavy atom. The highest BCUT2D eigenvalue weighted by atomic mass is 35.5. The fraction of sp³-hybridized carbons (Fsp3) is 0.909. The molecular weight excluding hydrogens is 293 g/mol. The van der Waals surface area contributed by atoms with Gasteiger partial charge in [-0.3, -0.25) is 15.1 Å². The van der Waals surface area contributed by atoms with Crippen molar-refractivity contribution in [3.05, 3.63) is 10.1 Å². The molecule has 19 heavy (non-hydrogen) atoms. The van der Waals surface area contributed by atoms with E-state index in [1.165, 1.54) is 0 Å². The van der Waals surface area contributed by atoms with Crippen molar-refractivity contribution in [2.45, 2.75) is 17.8 Å². The molecule has 1 fully saturated rings. The molecule has 2 atom stereocenters. The molecule has 0 spiro atoms. The lowest BCUT2D eigenvalue weighted by Gasteiger charge is -2.33. The number of hydrogen-bond acceptors (Lipinski definition) is 5. The third-order valence-electron chi connectivity index (χ3n) is 3.62. The SMILES string of the molecule is CC1COCC1CN1CCCN=C1C(Cl)(Cl)[N+](=O)[O-]. The van der Waals surface area contributed by atoms with Crippen LogP contribution in [0, 0.1) is 22.0 Å². The summed E-state index contributed by atoms with van der Waals surface area (Å²) >= 11 is 11.7. The van der Waals surface area contributed by atoms with Crippen LogP contribution in [0.3, 0.4) is 0 Å². The van der Waals surface area contributed by atoms with Gasteiger partial charge in [0, 0.05) is 32.2 Å². The summed E-state index contributed by atoms with van der Waals surface area (Å²) in [5.74, 6) is 0.921. The van der Waals surface area contributed by atoms with Gasteiger partial charge < -0.3 is 9.64 Å². The van der Waals surface area contributed by atoms with E-state index in [-0.39, 0.29) is 5.84 Å². The van der Waals surface area contributed by atoms with Crippen LogP contribution in [0.15, 0.2) is 4.99 Å². The molecule has 108 valence electrons. The first-order chi connectivity index (χ1) is 8.93. The molecule has 0 aromatic rings. The van der Waals surface area contributed by atoms with Crippen LogP contribution in [0.5, 0.6) is 0 Å². The molecule has 0 N–H and O–H groups in total. The molecule has 2 aliphatic heterocycles. The average Bonchev–Trinajstić information content (AvgIpc) is 2.75. The number of hydrogen-bond donors (Lipinski definition) is 0. The molecule has 2 heterocycles. The third-order valence-corrected chi connectivity index (χ3v) is 4.23. The fourth-order valence-electron chi connectivity index (χ4n) is 2.42. The lowest BCUT2D eigenvalue weighted by Crippen LogP contribution is -2.51. The lowest BCUT2D eigenvalue weighted by atomic mass is 9.97. The number of nitrogens with zero attached hydrogens (tertiary/aromatic N) is 3. The first-order valence-corrected chi connectivity index (χ1v) is 7.08. The van der Waals surface area contributed by atoms with Crippen molar-refractivity contribution in [2.24, 2.45) is 16.8 Å². The van der Waals surface area contributed by atoms with Gasteiger partial charge >= 0.3 is 4.46 Å². The molecule has 0 aromatic heterocycles. The van der Waals surface area contributed by atoms with Gasteiger partial charge in [0.1, 0.15) is 0 Å². The monoisotopic (exact) mass is 309 g/mol. The minimum atomic E-state index is -2.16. The van der Waals surface area contributed by atoms with E-state index in [4.69, 9.17) is 27.9 Å². The molecular formula is C11H17Cl2N3O3. The number of alkyl halides is 2. The standard InChI is InChI=1S/C11H17Cl2N3O3/c1-8-6-19-7-9(8)5-15-4-2-3-14-10(15)11(12,13)16(17)18/h8-9H,2-7H2,1H3. The van der Waals surface area contributed by atoms with Crippen molar-refractivity contribution < 1.29 is 9.66 Å². The van der Waals surface area contributed by atoms with Crippen LogP contribution in [0.4, 0.5) is 0 Å². The summed E-state index contributed by atoms with van der Waals surface area (Å²) in [6.07, 6.45) is 0.854. The number of rotatable bonds is 4. The summed E-state index contributed by atoms with van der Waals surface area (Å²) in [6, 6.07) is 0. The molecule has 0 saturated carbocycles. The number of ether oxygens (including phenoxy) is 1. The Bertz CT molecular complexity index is 389. The highest BCUT2D eigenvalue weighted by molar-refractivity contribution is 6.57. The topological polar surface area (TPSA) is 68.0 Å². The van der Waals surface area contributed by atoms with Crippen LogP contribution in [0.25, 0.3) is 0 Å². The smallest absolute Gasteiger partial charge is 0.381 e. The highest BCUT2D eigenvalue weighted by Crippen LogP contribution is 2.29. The van der Waals surface area contributed by atoms with Gasteiger partial charge in [-0.05, 0) is 35.5 Å². The largest absolute Gasteiger partial charge is 0.428 e. The zero-order valence-electron chi connectivity index (χ0n) is 10.7. The average molecular weight is 310 g/mol. The summed E-state index contributed by atoms with van der Waals surface area (Å²) in [4.78, 5) is 16.3. The summed E-state index contributed by atoms with van der Waals surface area (Å²) in [5, 5.41) is 11.0. The van der Waals surface area contributed by atoms with Gasteiger partial charge in [0.25, 0.3) is 0 Å². The van der Waals surface area contributed by atoms with Gasteiger partial charge in [0.15, 0.2) is 0 Å². The first kappa shape index (κ1) is 14.8. The second-order valence-corrected chi connectivity index (χ2v) is 6.37.